The van der Waals surface area contributed by atoms with Crippen LogP contribution in [0.4, 0.5) is 18.9 Å². The average molecular weight is 286 g/mol. The number of benzene rings is 1. The van der Waals surface area contributed by atoms with Crippen molar-refractivity contribution in [2.75, 3.05) is 11.4 Å². The van der Waals surface area contributed by atoms with Gasteiger partial charge in [-0.3, -0.25) is 0 Å². The predicted molar refractivity (Wildman–Crippen MR) is 75.0 cm³/mol. The second kappa shape index (κ2) is 5.64. The summed E-state index contributed by atoms with van der Waals surface area (Å²) in [6, 6.07) is 3.14. The zero-order valence-corrected chi connectivity index (χ0v) is 11.9. The van der Waals surface area contributed by atoms with Crippen LogP contribution in [-0.4, -0.2) is 24.8 Å². The first-order valence-corrected chi connectivity index (χ1v) is 7.03. The Hall–Kier alpha value is -1.23. The van der Waals surface area contributed by atoms with E-state index in [0.717, 1.165) is 24.0 Å². The topological polar surface area (TPSA) is 29.3 Å². The summed E-state index contributed by atoms with van der Waals surface area (Å²) < 4.78 is 40.2. The summed E-state index contributed by atoms with van der Waals surface area (Å²) in [5, 5.41) is 0. The number of rotatable bonds is 3. The third-order valence-corrected chi connectivity index (χ3v) is 3.94. The van der Waals surface area contributed by atoms with E-state index >= 15 is 0 Å². The number of nitrogens with zero attached hydrogens (tertiary/aromatic N) is 1. The van der Waals surface area contributed by atoms with Gasteiger partial charge in [0.15, 0.2) is 0 Å². The van der Waals surface area contributed by atoms with E-state index in [2.05, 4.69) is 0 Å². The molecule has 0 aliphatic carbocycles. The van der Waals surface area contributed by atoms with Gasteiger partial charge in [0, 0.05) is 18.3 Å². The fourth-order valence-corrected chi connectivity index (χ4v) is 2.92. The maximum Gasteiger partial charge on any atom is 0.410 e. The Labute approximate surface area is 117 Å². The molecule has 0 spiro atoms. The van der Waals surface area contributed by atoms with Gasteiger partial charge in [-0.15, -0.1) is 0 Å². The molecule has 0 fully saturated rings. The molecule has 0 aromatic heterocycles. The van der Waals surface area contributed by atoms with Crippen LogP contribution in [0.1, 0.15) is 30.9 Å². The third-order valence-electron chi connectivity index (χ3n) is 3.94. The number of alkyl halides is 3. The minimum atomic E-state index is -4.31. The molecule has 1 aromatic rings. The number of anilines is 1. The van der Waals surface area contributed by atoms with Crippen molar-refractivity contribution in [1.82, 2.24) is 0 Å². The second-order valence-corrected chi connectivity index (χ2v) is 5.49. The summed E-state index contributed by atoms with van der Waals surface area (Å²) in [6.07, 6.45) is -2.43. The van der Waals surface area contributed by atoms with Gasteiger partial charge >= 0.3 is 6.18 Å². The zero-order valence-electron chi connectivity index (χ0n) is 11.9. The lowest BCUT2D eigenvalue weighted by Gasteiger charge is -2.41. The molecule has 0 bridgehead atoms. The van der Waals surface area contributed by atoms with Crippen molar-refractivity contribution in [2.24, 2.45) is 5.73 Å². The lowest BCUT2D eigenvalue weighted by molar-refractivity contribution is -0.153. The van der Waals surface area contributed by atoms with Crippen molar-refractivity contribution in [1.29, 1.82) is 0 Å². The monoisotopic (exact) mass is 286 g/mol. The molecule has 0 saturated carbocycles. The van der Waals surface area contributed by atoms with Crippen molar-refractivity contribution < 1.29 is 13.2 Å². The van der Waals surface area contributed by atoms with Crippen LogP contribution in [0.2, 0.25) is 0 Å². The normalized spacial score (nSPS) is 18.6. The maximum atomic E-state index is 13.4. The summed E-state index contributed by atoms with van der Waals surface area (Å²) in [6.45, 7) is 4.07. The van der Waals surface area contributed by atoms with Gasteiger partial charge in [0.25, 0.3) is 0 Å². The van der Waals surface area contributed by atoms with Gasteiger partial charge in [0.1, 0.15) is 6.04 Å². The molecule has 1 aliphatic heterocycles. The molecule has 1 aromatic carbocycles. The van der Waals surface area contributed by atoms with Crippen LogP contribution in [0.15, 0.2) is 18.2 Å². The number of halogens is 3. The highest BCUT2D eigenvalue weighted by Crippen LogP contribution is 2.36. The molecule has 5 heteroatoms. The summed E-state index contributed by atoms with van der Waals surface area (Å²) >= 11 is 0. The van der Waals surface area contributed by atoms with Crippen LogP contribution in [0.25, 0.3) is 0 Å². The first-order chi connectivity index (χ1) is 9.34. The van der Waals surface area contributed by atoms with Gasteiger partial charge < -0.3 is 10.6 Å². The lowest BCUT2D eigenvalue weighted by Crippen LogP contribution is -2.57. The highest BCUT2D eigenvalue weighted by atomic mass is 19.4. The molecule has 0 saturated heterocycles. The molecule has 20 heavy (non-hydrogen) atoms. The molecule has 1 aliphatic rings. The minimum Gasteiger partial charge on any atom is -0.358 e. The van der Waals surface area contributed by atoms with E-state index in [-0.39, 0.29) is 0 Å². The predicted octanol–water partition coefficient (Wildman–Crippen LogP) is 3.42. The SMILES string of the molecule is CCC(N)C(N1CCCc2cc(C)ccc21)C(F)(F)F. The summed E-state index contributed by atoms with van der Waals surface area (Å²) in [5.74, 6) is 0. The lowest BCUT2D eigenvalue weighted by atomic mass is 9.95. The molecular weight excluding hydrogens is 265 g/mol. The van der Waals surface area contributed by atoms with Crippen LogP contribution < -0.4 is 10.6 Å². The van der Waals surface area contributed by atoms with E-state index in [0.29, 0.717) is 18.7 Å². The Kier molecular flexibility index (Phi) is 4.28. The highest BCUT2D eigenvalue weighted by Gasteiger charge is 2.47. The van der Waals surface area contributed by atoms with E-state index in [4.69, 9.17) is 5.73 Å². The van der Waals surface area contributed by atoms with Gasteiger partial charge in [-0.2, -0.15) is 13.2 Å². The van der Waals surface area contributed by atoms with E-state index < -0.39 is 18.3 Å². The molecule has 0 radical (unpaired) electrons. The third kappa shape index (κ3) is 2.92. The van der Waals surface area contributed by atoms with Crippen LogP contribution in [-0.2, 0) is 6.42 Å². The molecule has 2 rings (SSSR count). The van der Waals surface area contributed by atoms with Crippen molar-refractivity contribution in [3.8, 4) is 0 Å². The molecule has 1 heterocycles. The number of fused-ring (bicyclic) bond motifs is 1. The number of aryl methyl sites for hydroxylation is 2. The van der Waals surface area contributed by atoms with Crippen molar-refractivity contribution in [3.63, 3.8) is 0 Å². The summed E-state index contributed by atoms with van der Waals surface area (Å²) in [4.78, 5) is 1.45. The smallest absolute Gasteiger partial charge is 0.358 e. The van der Waals surface area contributed by atoms with Crippen LogP contribution in [0.3, 0.4) is 0 Å². The Bertz CT molecular complexity index is 471. The van der Waals surface area contributed by atoms with Gasteiger partial charge in [-0.25, -0.2) is 0 Å². The first-order valence-electron chi connectivity index (χ1n) is 7.03. The Morgan fingerprint density at radius 1 is 1.35 bits per heavy atom. The number of hydrogen-bond acceptors (Lipinski definition) is 2. The molecule has 2 nitrogen and oxygen atoms in total. The minimum absolute atomic E-state index is 0.307. The molecule has 2 atom stereocenters. The van der Waals surface area contributed by atoms with Gasteiger partial charge in [-0.1, -0.05) is 24.6 Å². The fourth-order valence-electron chi connectivity index (χ4n) is 2.92. The molecular formula is C15H21F3N2. The van der Waals surface area contributed by atoms with Gasteiger partial charge in [-0.05, 0) is 37.8 Å². The van der Waals surface area contributed by atoms with E-state index in [1.54, 1.807) is 13.0 Å². The summed E-state index contributed by atoms with van der Waals surface area (Å²) in [5.41, 5.74) is 8.52. The van der Waals surface area contributed by atoms with Crippen molar-refractivity contribution in [3.05, 3.63) is 29.3 Å². The van der Waals surface area contributed by atoms with Gasteiger partial charge in [0.2, 0.25) is 0 Å². The second-order valence-electron chi connectivity index (χ2n) is 5.49. The molecule has 2 N–H and O–H groups in total. The Morgan fingerprint density at radius 2 is 2.05 bits per heavy atom. The number of nitrogens with two attached hydrogens (primary N) is 1. The first kappa shape index (κ1) is 15.2. The Morgan fingerprint density at radius 3 is 2.65 bits per heavy atom. The Balaban J connectivity index is 2.41. The van der Waals surface area contributed by atoms with E-state index in [1.807, 2.05) is 19.1 Å². The van der Waals surface area contributed by atoms with Crippen LogP contribution in [0.5, 0.6) is 0 Å². The van der Waals surface area contributed by atoms with Crippen molar-refractivity contribution >= 4 is 5.69 Å². The highest BCUT2D eigenvalue weighted by molar-refractivity contribution is 5.58. The number of hydrogen-bond donors (Lipinski definition) is 1. The fraction of sp³-hybridized carbons (Fsp3) is 0.600. The standard InChI is InChI=1S/C15H21F3N2/c1-3-12(19)14(15(16,17)18)20-8-4-5-11-9-10(2)6-7-13(11)20/h6-7,9,12,14H,3-5,8,19H2,1-2H3. The zero-order chi connectivity index (χ0) is 14.9. The van der Waals surface area contributed by atoms with Gasteiger partial charge in [0.05, 0.1) is 0 Å². The van der Waals surface area contributed by atoms with Crippen molar-refractivity contribution in [2.45, 2.75) is 51.4 Å². The average Bonchev–Trinajstić information content (AvgIpc) is 2.36. The molecule has 0 amide bonds. The molecule has 112 valence electrons. The largest absolute Gasteiger partial charge is 0.410 e. The quantitative estimate of drug-likeness (QED) is 0.922. The summed E-state index contributed by atoms with van der Waals surface area (Å²) in [7, 11) is 0. The molecule has 2 unspecified atom stereocenters. The van der Waals surface area contributed by atoms with E-state index in [9.17, 15) is 13.2 Å². The van der Waals surface area contributed by atoms with Crippen LogP contribution in [0, 0.1) is 6.92 Å². The maximum absolute atomic E-state index is 13.4. The van der Waals surface area contributed by atoms with Crippen LogP contribution >= 0.6 is 0 Å². The van der Waals surface area contributed by atoms with E-state index in [1.165, 1.54) is 4.90 Å².